The van der Waals surface area contributed by atoms with Crippen LogP contribution in [0.5, 0.6) is 0 Å². The Balaban J connectivity index is 2.55. The first kappa shape index (κ1) is 15.4. The summed E-state index contributed by atoms with van der Waals surface area (Å²) < 4.78 is 0. The molecule has 0 saturated carbocycles. The van der Waals surface area contributed by atoms with Gasteiger partial charge < -0.3 is 20.7 Å². The number of carbonyl (C=O) groups excluding carboxylic acids is 1. The van der Waals surface area contributed by atoms with Crippen molar-refractivity contribution in [1.29, 1.82) is 0 Å². The third kappa shape index (κ3) is 4.86. The molecule has 0 radical (unpaired) electrons. The van der Waals surface area contributed by atoms with E-state index in [-0.39, 0.29) is 11.4 Å². The Morgan fingerprint density at radius 2 is 2.21 bits per heavy atom. The molecule has 0 bridgehead atoms. The number of carboxylic acids is 1. The Morgan fingerprint density at radius 1 is 1.53 bits per heavy atom. The van der Waals surface area contributed by atoms with Gasteiger partial charge in [-0.15, -0.1) is 0 Å². The predicted octanol–water partition coefficient (Wildman–Crippen LogP) is 2.14. The van der Waals surface area contributed by atoms with Gasteiger partial charge in [-0.25, -0.2) is 9.59 Å². The van der Waals surface area contributed by atoms with E-state index in [9.17, 15) is 9.59 Å². The van der Waals surface area contributed by atoms with E-state index in [0.29, 0.717) is 18.2 Å². The third-order valence-electron chi connectivity index (χ3n) is 2.48. The van der Waals surface area contributed by atoms with E-state index >= 15 is 0 Å². The number of carbonyl (C=O) groups is 2. The molecule has 1 unspecified atom stereocenters. The van der Waals surface area contributed by atoms with Gasteiger partial charge in [0.05, 0.1) is 5.69 Å². The summed E-state index contributed by atoms with van der Waals surface area (Å²) >= 11 is 1.72. The minimum Gasteiger partial charge on any atom is -0.477 e. The Bertz CT molecular complexity index is 459. The van der Waals surface area contributed by atoms with Crippen molar-refractivity contribution in [3.8, 4) is 0 Å². The smallest absolute Gasteiger partial charge is 0.354 e. The molecule has 2 amide bonds. The number of aromatic nitrogens is 1. The van der Waals surface area contributed by atoms with E-state index in [1.165, 1.54) is 0 Å². The highest BCUT2D eigenvalue weighted by Gasteiger charge is 2.15. The second kappa shape index (κ2) is 7.08. The molecule has 0 spiro atoms. The second-order valence-electron chi connectivity index (χ2n) is 4.44. The van der Waals surface area contributed by atoms with Crippen LogP contribution in [0.4, 0.5) is 10.5 Å². The van der Waals surface area contributed by atoms with Crippen molar-refractivity contribution in [1.82, 2.24) is 10.3 Å². The molecule has 4 N–H and O–H groups in total. The molecule has 0 aliphatic carbocycles. The number of urea groups is 1. The number of hydrogen-bond acceptors (Lipinski definition) is 3. The number of hydrogen-bond donors (Lipinski definition) is 4. The summed E-state index contributed by atoms with van der Waals surface area (Å²) in [5.41, 5.74) is 0.952. The molecule has 19 heavy (non-hydrogen) atoms. The fraction of sp³-hybridized carbons (Fsp3) is 0.500. The van der Waals surface area contributed by atoms with E-state index in [0.717, 1.165) is 5.75 Å². The van der Waals surface area contributed by atoms with Crippen LogP contribution in [-0.2, 0) is 0 Å². The summed E-state index contributed by atoms with van der Waals surface area (Å²) in [4.78, 5) is 25.3. The van der Waals surface area contributed by atoms with Crippen LogP contribution in [-0.4, -0.2) is 40.6 Å². The van der Waals surface area contributed by atoms with Crippen molar-refractivity contribution in [3.63, 3.8) is 0 Å². The van der Waals surface area contributed by atoms with Crippen LogP contribution in [0.3, 0.4) is 0 Å². The van der Waals surface area contributed by atoms with Crippen LogP contribution < -0.4 is 10.6 Å². The Hall–Kier alpha value is -1.63. The lowest BCUT2D eigenvalue weighted by Gasteiger charge is -2.11. The van der Waals surface area contributed by atoms with Crippen LogP contribution >= 0.6 is 11.8 Å². The highest BCUT2D eigenvalue weighted by atomic mass is 32.2. The zero-order valence-electron chi connectivity index (χ0n) is 11.2. The Labute approximate surface area is 116 Å². The minimum atomic E-state index is -1.10. The average Bonchev–Trinajstić information content (AvgIpc) is 2.68. The SMILES string of the molecule is CSCC(C)CNC(=O)Nc1cc(C)[nH]c1C(=O)O. The molecule has 1 atom stereocenters. The molecule has 1 heterocycles. The summed E-state index contributed by atoms with van der Waals surface area (Å²) in [5, 5.41) is 14.2. The zero-order valence-corrected chi connectivity index (χ0v) is 12.1. The maximum absolute atomic E-state index is 11.7. The number of nitrogens with one attached hydrogen (secondary N) is 3. The maximum Gasteiger partial charge on any atom is 0.354 e. The Morgan fingerprint density at radius 3 is 2.79 bits per heavy atom. The van der Waals surface area contributed by atoms with Crippen molar-refractivity contribution in [3.05, 3.63) is 17.5 Å². The minimum absolute atomic E-state index is 0.00943. The van der Waals surface area contributed by atoms with Gasteiger partial charge in [-0.05, 0) is 30.9 Å². The number of anilines is 1. The molecule has 0 aliphatic heterocycles. The number of carboxylic acid groups (broad SMARTS) is 1. The molecule has 6 nitrogen and oxygen atoms in total. The highest BCUT2D eigenvalue weighted by Crippen LogP contribution is 2.16. The maximum atomic E-state index is 11.7. The number of rotatable bonds is 6. The molecule has 0 aromatic carbocycles. The zero-order chi connectivity index (χ0) is 14.4. The molecule has 1 aromatic heterocycles. The van der Waals surface area contributed by atoms with Gasteiger partial charge in [0.2, 0.25) is 0 Å². The second-order valence-corrected chi connectivity index (χ2v) is 5.35. The first-order chi connectivity index (χ1) is 8.93. The van der Waals surface area contributed by atoms with E-state index in [1.54, 1.807) is 24.8 Å². The summed E-state index contributed by atoms with van der Waals surface area (Å²) in [5.74, 6) is 0.232. The van der Waals surface area contributed by atoms with E-state index in [1.807, 2.05) is 13.2 Å². The number of aromatic carboxylic acids is 1. The van der Waals surface area contributed by atoms with Gasteiger partial charge in [0, 0.05) is 12.2 Å². The van der Waals surface area contributed by atoms with Crippen molar-refractivity contribution in [2.75, 3.05) is 23.9 Å². The van der Waals surface area contributed by atoms with Gasteiger partial charge in [0.1, 0.15) is 5.69 Å². The summed E-state index contributed by atoms with van der Waals surface area (Å²) in [7, 11) is 0. The van der Waals surface area contributed by atoms with Crippen molar-refractivity contribution in [2.24, 2.45) is 5.92 Å². The molecular weight excluding hydrogens is 266 g/mol. The summed E-state index contributed by atoms with van der Waals surface area (Å²) in [6.07, 6.45) is 2.01. The van der Waals surface area contributed by atoms with Crippen LogP contribution in [0.25, 0.3) is 0 Å². The molecule has 0 aliphatic rings. The number of aryl methyl sites for hydroxylation is 1. The van der Waals surface area contributed by atoms with Crippen LogP contribution in [0.15, 0.2) is 6.07 Å². The lowest BCUT2D eigenvalue weighted by molar-refractivity contribution is 0.0692. The standard InChI is InChI=1S/C12H19N3O3S/c1-7(6-19-3)5-13-12(18)15-9-4-8(2)14-10(9)11(16)17/h4,7,14H,5-6H2,1-3H3,(H,16,17)(H2,13,15,18). The fourth-order valence-corrected chi connectivity index (χ4v) is 2.32. The summed E-state index contributed by atoms with van der Waals surface area (Å²) in [6.45, 7) is 4.33. The number of H-pyrrole nitrogens is 1. The summed E-state index contributed by atoms with van der Waals surface area (Å²) in [6, 6.07) is 1.20. The lowest BCUT2D eigenvalue weighted by atomic mass is 10.2. The molecule has 0 fully saturated rings. The first-order valence-electron chi connectivity index (χ1n) is 5.90. The number of amides is 2. The number of thioether (sulfide) groups is 1. The highest BCUT2D eigenvalue weighted by molar-refractivity contribution is 7.98. The first-order valence-corrected chi connectivity index (χ1v) is 7.30. The predicted molar refractivity (Wildman–Crippen MR) is 77.1 cm³/mol. The largest absolute Gasteiger partial charge is 0.477 e. The lowest BCUT2D eigenvalue weighted by Crippen LogP contribution is -2.33. The van der Waals surface area contributed by atoms with E-state index in [4.69, 9.17) is 5.11 Å². The van der Waals surface area contributed by atoms with Gasteiger partial charge >= 0.3 is 12.0 Å². The van der Waals surface area contributed by atoms with Gasteiger partial charge in [0.25, 0.3) is 0 Å². The Kier molecular flexibility index (Phi) is 5.75. The van der Waals surface area contributed by atoms with Crippen LogP contribution in [0.1, 0.15) is 23.1 Å². The van der Waals surface area contributed by atoms with Crippen molar-refractivity contribution < 1.29 is 14.7 Å². The molecule has 1 aromatic rings. The fourth-order valence-electron chi connectivity index (χ4n) is 1.63. The van der Waals surface area contributed by atoms with Gasteiger partial charge in [-0.3, -0.25) is 0 Å². The van der Waals surface area contributed by atoms with Crippen LogP contribution in [0, 0.1) is 12.8 Å². The van der Waals surface area contributed by atoms with Crippen molar-refractivity contribution >= 4 is 29.4 Å². The third-order valence-corrected chi connectivity index (χ3v) is 3.38. The van der Waals surface area contributed by atoms with E-state index in [2.05, 4.69) is 15.6 Å². The number of aromatic amines is 1. The molecule has 1 rings (SSSR count). The normalized spacial score (nSPS) is 11.9. The molecular formula is C12H19N3O3S. The quantitative estimate of drug-likeness (QED) is 0.644. The average molecular weight is 285 g/mol. The molecule has 106 valence electrons. The van der Waals surface area contributed by atoms with Gasteiger partial charge in [0.15, 0.2) is 0 Å². The molecule has 7 heteroatoms. The monoisotopic (exact) mass is 285 g/mol. The van der Waals surface area contributed by atoms with E-state index < -0.39 is 12.0 Å². The van der Waals surface area contributed by atoms with Crippen molar-refractivity contribution in [2.45, 2.75) is 13.8 Å². The van der Waals surface area contributed by atoms with Gasteiger partial charge in [-0.2, -0.15) is 11.8 Å². The topological polar surface area (TPSA) is 94.2 Å². The molecule has 0 saturated heterocycles. The van der Waals surface area contributed by atoms with Gasteiger partial charge in [-0.1, -0.05) is 6.92 Å². The van der Waals surface area contributed by atoms with Crippen LogP contribution in [0.2, 0.25) is 0 Å².